The second-order valence-corrected chi connectivity index (χ2v) is 4.32. The summed E-state index contributed by atoms with van der Waals surface area (Å²) in [5, 5.41) is 6.64. The minimum atomic E-state index is -0.387. The summed E-state index contributed by atoms with van der Waals surface area (Å²) >= 11 is 11.9. The highest BCUT2D eigenvalue weighted by molar-refractivity contribution is 6.33. The molecule has 0 unspecified atom stereocenters. The van der Waals surface area contributed by atoms with Gasteiger partial charge in [0.1, 0.15) is 11.0 Å². The van der Waals surface area contributed by atoms with E-state index in [-0.39, 0.29) is 5.82 Å². The molecule has 2 N–H and O–H groups in total. The van der Waals surface area contributed by atoms with Crippen LogP contribution < -0.4 is 10.6 Å². The van der Waals surface area contributed by atoms with Crippen molar-refractivity contribution in [2.45, 2.75) is 13.8 Å². The molecular formula is C12H15Cl2FN2. The summed E-state index contributed by atoms with van der Waals surface area (Å²) in [6.45, 7) is 4.37. The van der Waals surface area contributed by atoms with Crippen molar-refractivity contribution in [3.05, 3.63) is 33.7 Å². The topological polar surface area (TPSA) is 24.1 Å². The van der Waals surface area contributed by atoms with Crippen molar-refractivity contribution >= 4 is 34.5 Å². The van der Waals surface area contributed by atoms with Crippen LogP contribution in [0, 0.1) is 5.82 Å². The van der Waals surface area contributed by atoms with E-state index in [1.807, 2.05) is 6.92 Å². The van der Waals surface area contributed by atoms with Crippen LogP contribution in [0.15, 0.2) is 17.3 Å². The van der Waals surface area contributed by atoms with E-state index in [9.17, 15) is 4.39 Å². The van der Waals surface area contributed by atoms with Crippen LogP contribution in [0.3, 0.4) is 0 Å². The highest BCUT2D eigenvalue weighted by atomic mass is 35.5. The number of allylic oxidation sites excluding steroid dienone is 1. The maximum atomic E-state index is 13.8. The first-order valence-corrected chi connectivity index (χ1v) is 6.04. The van der Waals surface area contributed by atoms with Gasteiger partial charge in [-0.25, -0.2) is 4.39 Å². The van der Waals surface area contributed by atoms with E-state index in [2.05, 4.69) is 10.6 Å². The first-order valence-electron chi connectivity index (χ1n) is 5.28. The molecule has 0 heterocycles. The van der Waals surface area contributed by atoms with Gasteiger partial charge in [0.05, 0.1) is 10.7 Å². The van der Waals surface area contributed by atoms with Crippen LogP contribution in [0.1, 0.15) is 19.4 Å². The van der Waals surface area contributed by atoms with Gasteiger partial charge < -0.3 is 10.6 Å². The van der Waals surface area contributed by atoms with Gasteiger partial charge in [0, 0.05) is 19.2 Å². The molecule has 0 aromatic heterocycles. The first kappa shape index (κ1) is 14.1. The Hall–Kier alpha value is -0.930. The fourth-order valence-corrected chi connectivity index (χ4v) is 1.91. The molecule has 0 aliphatic heterocycles. The Balaban J connectivity index is 3.26. The van der Waals surface area contributed by atoms with E-state index in [4.69, 9.17) is 23.2 Å². The van der Waals surface area contributed by atoms with E-state index in [1.165, 1.54) is 6.07 Å². The molecule has 0 saturated heterocycles. The second kappa shape index (κ2) is 6.12. The third-order valence-corrected chi connectivity index (χ3v) is 3.12. The lowest BCUT2D eigenvalue weighted by Gasteiger charge is -2.11. The molecule has 94 valence electrons. The largest absolute Gasteiger partial charge is 0.387 e. The first-order chi connectivity index (χ1) is 8.01. The Morgan fingerprint density at radius 3 is 2.59 bits per heavy atom. The summed E-state index contributed by atoms with van der Waals surface area (Å²) < 4.78 is 13.8. The molecule has 1 aromatic carbocycles. The Labute approximate surface area is 111 Å². The van der Waals surface area contributed by atoms with Gasteiger partial charge in [0.2, 0.25) is 0 Å². The van der Waals surface area contributed by atoms with Crippen molar-refractivity contribution in [2.24, 2.45) is 0 Å². The van der Waals surface area contributed by atoms with Gasteiger partial charge in [-0.05, 0) is 31.6 Å². The maximum absolute atomic E-state index is 13.8. The lowest BCUT2D eigenvalue weighted by Crippen LogP contribution is -2.09. The van der Waals surface area contributed by atoms with Crippen molar-refractivity contribution in [1.29, 1.82) is 0 Å². The summed E-state index contributed by atoms with van der Waals surface area (Å²) in [4.78, 5) is 0. The smallest absolute Gasteiger partial charge is 0.132 e. The molecule has 0 bridgehead atoms. The molecule has 1 aromatic rings. The zero-order chi connectivity index (χ0) is 13.0. The van der Waals surface area contributed by atoms with Crippen molar-refractivity contribution in [3.8, 4) is 0 Å². The number of anilines is 1. The molecule has 5 heteroatoms. The van der Waals surface area contributed by atoms with Gasteiger partial charge in [-0.15, -0.1) is 0 Å². The minimum absolute atomic E-state index is 0.348. The molecule has 1 rings (SSSR count). The minimum Gasteiger partial charge on any atom is -0.387 e. The van der Waals surface area contributed by atoms with Crippen LogP contribution in [0.4, 0.5) is 10.1 Å². The highest BCUT2D eigenvalue weighted by Gasteiger charge is 2.11. The van der Waals surface area contributed by atoms with Crippen molar-refractivity contribution in [1.82, 2.24) is 5.32 Å². The highest BCUT2D eigenvalue weighted by Crippen LogP contribution is 2.30. The van der Waals surface area contributed by atoms with E-state index in [1.54, 1.807) is 20.0 Å². The van der Waals surface area contributed by atoms with E-state index < -0.39 is 0 Å². The van der Waals surface area contributed by atoms with Gasteiger partial charge >= 0.3 is 0 Å². The summed E-state index contributed by atoms with van der Waals surface area (Å²) in [6, 6.07) is 2.93. The average Bonchev–Trinajstić information content (AvgIpc) is 2.29. The van der Waals surface area contributed by atoms with Gasteiger partial charge in [0.25, 0.3) is 0 Å². The molecule has 0 aliphatic rings. The molecule has 17 heavy (non-hydrogen) atoms. The molecule has 0 atom stereocenters. The van der Waals surface area contributed by atoms with Crippen molar-refractivity contribution < 1.29 is 4.39 Å². The molecule has 0 fully saturated rings. The van der Waals surface area contributed by atoms with Crippen LogP contribution in [0.2, 0.25) is 5.02 Å². The number of hydrogen-bond donors (Lipinski definition) is 2. The zero-order valence-corrected chi connectivity index (χ0v) is 11.5. The normalized spacial score (nSPS) is 12.1. The summed E-state index contributed by atoms with van der Waals surface area (Å²) in [5.74, 6) is -0.387. The Morgan fingerprint density at radius 2 is 2.06 bits per heavy atom. The lowest BCUT2D eigenvalue weighted by atomic mass is 10.1. The monoisotopic (exact) mass is 276 g/mol. The average molecular weight is 277 g/mol. The van der Waals surface area contributed by atoms with E-state index >= 15 is 0 Å². The maximum Gasteiger partial charge on any atom is 0.132 e. The SMILES string of the molecule is CCN/C(Cl)=C(\C)c1cc(NC)c(Cl)cc1F. The van der Waals surface area contributed by atoms with Crippen LogP contribution in [-0.4, -0.2) is 13.6 Å². The van der Waals surface area contributed by atoms with Crippen LogP contribution >= 0.6 is 23.2 Å². The van der Waals surface area contributed by atoms with E-state index in [0.29, 0.717) is 33.5 Å². The van der Waals surface area contributed by atoms with Crippen LogP contribution in [0.5, 0.6) is 0 Å². The molecule has 0 amide bonds. The standard InChI is InChI=1S/C12H15Cl2FN2/c1-4-17-12(14)7(2)8-5-11(16-3)9(13)6-10(8)15/h5-6,16-17H,4H2,1-3H3/b12-7+. The number of hydrogen-bond acceptors (Lipinski definition) is 2. The van der Waals surface area contributed by atoms with Crippen molar-refractivity contribution in [3.63, 3.8) is 0 Å². The molecule has 0 radical (unpaired) electrons. The molecule has 2 nitrogen and oxygen atoms in total. The number of nitrogens with one attached hydrogen (secondary N) is 2. The van der Waals surface area contributed by atoms with Crippen LogP contribution in [-0.2, 0) is 0 Å². The van der Waals surface area contributed by atoms with E-state index in [0.717, 1.165) is 0 Å². The fourth-order valence-electron chi connectivity index (χ4n) is 1.43. The third kappa shape index (κ3) is 3.27. The summed E-state index contributed by atoms with van der Waals surface area (Å²) in [7, 11) is 1.73. The number of halogens is 3. The predicted octanol–water partition coefficient (Wildman–Crippen LogP) is 4.06. The van der Waals surface area contributed by atoms with Crippen molar-refractivity contribution in [2.75, 3.05) is 18.9 Å². The molecule has 0 aliphatic carbocycles. The fraction of sp³-hybridized carbons (Fsp3) is 0.333. The zero-order valence-electron chi connectivity index (χ0n) is 10.00. The molecule has 0 spiro atoms. The summed E-state index contributed by atoms with van der Waals surface area (Å²) in [5.41, 5.74) is 1.76. The Bertz CT molecular complexity index is 444. The predicted molar refractivity (Wildman–Crippen MR) is 73.1 cm³/mol. The number of rotatable bonds is 4. The van der Waals surface area contributed by atoms with Gasteiger partial charge in [-0.2, -0.15) is 0 Å². The quantitative estimate of drug-likeness (QED) is 0.811. The molecule has 0 saturated carbocycles. The van der Waals surface area contributed by atoms with Gasteiger partial charge in [0.15, 0.2) is 0 Å². The van der Waals surface area contributed by atoms with Crippen LogP contribution in [0.25, 0.3) is 5.57 Å². The second-order valence-electron chi connectivity index (χ2n) is 3.53. The Morgan fingerprint density at radius 1 is 1.41 bits per heavy atom. The molecular weight excluding hydrogens is 262 g/mol. The third-order valence-electron chi connectivity index (χ3n) is 2.39. The van der Waals surface area contributed by atoms with Gasteiger partial charge in [-0.1, -0.05) is 23.2 Å². The summed E-state index contributed by atoms with van der Waals surface area (Å²) in [6.07, 6.45) is 0. The van der Waals surface area contributed by atoms with Gasteiger partial charge in [-0.3, -0.25) is 0 Å². The lowest BCUT2D eigenvalue weighted by molar-refractivity contribution is 0.624. The number of benzene rings is 1. The Kier molecular flexibility index (Phi) is 5.09.